The topological polar surface area (TPSA) is 161 Å². The summed E-state index contributed by atoms with van der Waals surface area (Å²) in [6.45, 7) is 5.60. The lowest BCUT2D eigenvalue weighted by molar-refractivity contribution is -0.411. The monoisotopic (exact) mass is 725 g/mol. The van der Waals surface area contributed by atoms with Crippen molar-refractivity contribution in [3.63, 3.8) is 0 Å². The van der Waals surface area contributed by atoms with Crippen LogP contribution in [-0.2, 0) is 56.6 Å². The van der Waals surface area contributed by atoms with Gasteiger partial charge in [0.15, 0.2) is 0 Å². The Morgan fingerprint density at radius 3 is 0.739 bits per heavy atom. The summed E-state index contributed by atoms with van der Waals surface area (Å²) < 4.78 is 101. The molecule has 13 nitrogen and oxygen atoms in total. The van der Waals surface area contributed by atoms with Crippen molar-refractivity contribution in [3.05, 3.63) is 0 Å². The van der Waals surface area contributed by atoms with Gasteiger partial charge in [-0.05, 0) is 19.3 Å². The molecule has 0 heterocycles. The van der Waals surface area contributed by atoms with Gasteiger partial charge in [0.1, 0.15) is 5.39 Å². The van der Waals surface area contributed by atoms with Crippen LogP contribution in [0.1, 0.15) is 175 Å². The van der Waals surface area contributed by atoms with Crippen molar-refractivity contribution in [2.75, 3.05) is 19.8 Å². The lowest BCUT2D eigenvalue weighted by Crippen LogP contribution is -2.35. The SMILES string of the molecule is CCCCCCCCCCOS(=O)(=O)ON(OS(=O)(=O)OCCCCCCCCCC)OS(=O)(=O)OCCCCCCCCCC. The average molecular weight is 726 g/mol. The van der Waals surface area contributed by atoms with Crippen LogP contribution in [0.25, 0.3) is 0 Å². The fourth-order valence-corrected chi connectivity index (χ4v) is 6.36. The molecule has 0 aliphatic rings. The average Bonchev–Trinajstić information content (AvgIpc) is 2.97. The normalized spacial score (nSPS) is 12.8. The molecule has 0 aliphatic carbocycles. The van der Waals surface area contributed by atoms with Crippen LogP contribution in [-0.4, -0.2) is 50.5 Å². The molecule has 0 aromatic heterocycles. The fraction of sp³-hybridized carbons (Fsp3) is 1.00. The predicted octanol–water partition coefficient (Wildman–Crippen LogP) is 8.29. The molecule has 0 saturated carbocycles. The van der Waals surface area contributed by atoms with Gasteiger partial charge in [0.25, 0.3) is 0 Å². The van der Waals surface area contributed by atoms with E-state index < -0.39 is 36.6 Å². The van der Waals surface area contributed by atoms with E-state index in [4.69, 9.17) is 12.5 Å². The summed E-state index contributed by atoms with van der Waals surface area (Å²) in [5, 5.41) is -0.699. The first-order valence-corrected chi connectivity index (χ1v) is 21.5. The highest BCUT2D eigenvalue weighted by Gasteiger charge is 2.32. The molecule has 46 heavy (non-hydrogen) atoms. The van der Waals surface area contributed by atoms with Gasteiger partial charge in [-0.15, -0.1) is 0 Å². The summed E-state index contributed by atoms with van der Waals surface area (Å²) in [5.74, 6) is 0. The molecule has 0 spiro atoms. The molecule has 0 amide bonds. The van der Waals surface area contributed by atoms with Gasteiger partial charge in [0.05, 0.1) is 19.8 Å². The summed E-state index contributed by atoms with van der Waals surface area (Å²) in [7, 11) is -14.9. The zero-order valence-corrected chi connectivity index (χ0v) is 31.1. The van der Waals surface area contributed by atoms with E-state index in [2.05, 4.69) is 33.6 Å². The predicted molar refractivity (Wildman–Crippen MR) is 178 cm³/mol. The van der Waals surface area contributed by atoms with E-state index in [1.165, 1.54) is 19.3 Å². The van der Waals surface area contributed by atoms with Gasteiger partial charge in [-0.25, -0.2) is 12.5 Å². The van der Waals surface area contributed by atoms with E-state index >= 15 is 0 Å². The van der Waals surface area contributed by atoms with Gasteiger partial charge in [-0.3, -0.25) is 0 Å². The molecule has 0 unspecified atom stereocenters. The Balaban J connectivity index is 4.89. The maximum absolute atomic E-state index is 12.4. The Morgan fingerprint density at radius 1 is 0.326 bits per heavy atom. The van der Waals surface area contributed by atoms with Crippen molar-refractivity contribution < 1.29 is 50.7 Å². The second-order valence-electron chi connectivity index (χ2n) is 11.6. The molecule has 0 bridgehead atoms. The number of unbranched alkanes of at least 4 members (excludes halogenated alkanes) is 21. The van der Waals surface area contributed by atoms with E-state index in [9.17, 15) is 25.3 Å². The highest BCUT2D eigenvalue weighted by molar-refractivity contribution is 7.83. The molecule has 0 saturated heterocycles. The largest absolute Gasteiger partial charge is 0.420 e. The van der Waals surface area contributed by atoms with E-state index in [1.807, 2.05) is 0 Å². The third-order valence-corrected chi connectivity index (χ3v) is 9.41. The zero-order valence-electron chi connectivity index (χ0n) is 28.7. The summed E-state index contributed by atoms with van der Waals surface area (Å²) in [6, 6.07) is 0. The van der Waals surface area contributed by atoms with Crippen LogP contribution in [0.3, 0.4) is 0 Å². The minimum Gasteiger partial charge on any atom is -0.247 e. The van der Waals surface area contributed by atoms with Gasteiger partial charge >= 0.3 is 31.2 Å². The van der Waals surface area contributed by atoms with Crippen molar-refractivity contribution in [2.45, 2.75) is 175 Å². The van der Waals surface area contributed by atoms with Crippen LogP contribution in [0.5, 0.6) is 0 Å². The van der Waals surface area contributed by atoms with Crippen LogP contribution >= 0.6 is 0 Å². The molecule has 0 aromatic rings. The van der Waals surface area contributed by atoms with Crippen molar-refractivity contribution in [3.8, 4) is 0 Å². The molecular weight excluding hydrogens is 663 g/mol. The number of rotatable bonds is 36. The van der Waals surface area contributed by atoms with E-state index in [1.54, 1.807) is 0 Å². The van der Waals surface area contributed by atoms with Gasteiger partial charge in [-0.2, -0.15) is 25.3 Å². The molecule has 0 aliphatic heterocycles. The van der Waals surface area contributed by atoms with E-state index in [-0.39, 0.29) is 19.8 Å². The van der Waals surface area contributed by atoms with Gasteiger partial charge < -0.3 is 0 Å². The first-order valence-electron chi connectivity index (χ1n) is 17.5. The second kappa shape index (κ2) is 29.5. The summed E-state index contributed by atoms with van der Waals surface area (Å²) >= 11 is 0. The van der Waals surface area contributed by atoms with Crippen LogP contribution in [0.2, 0.25) is 0 Å². The Labute approximate surface area is 281 Å². The fourth-order valence-electron chi connectivity index (χ4n) is 4.52. The van der Waals surface area contributed by atoms with Crippen LogP contribution in [0.4, 0.5) is 0 Å². The minimum absolute atomic E-state index is 0.269. The van der Waals surface area contributed by atoms with Crippen molar-refractivity contribution in [1.82, 2.24) is 5.39 Å². The number of hydrogen-bond acceptors (Lipinski definition) is 13. The highest BCUT2D eigenvalue weighted by Crippen LogP contribution is 2.16. The molecular formula is C30H63NO12S3. The molecule has 0 atom stereocenters. The van der Waals surface area contributed by atoms with Gasteiger partial charge in [0, 0.05) is 0 Å². The van der Waals surface area contributed by atoms with Crippen LogP contribution in [0, 0.1) is 0 Å². The Hall–Kier alpha value is -0.430. The van der Waals surface area contributed by atoms with Gasteiger partial charge in [-0.1, -0.05) is 168 Å². The molecule has 16 heteroatoms. The summed E-state index contributed by atoms with van der Waals surface area (Å²) in [4.78, 5) is 0. The maximum Gasteiger partial charge on any atom is 0.420 e. The quantitative estimate of drug-likeness (QED) is 0.0448. The van der Waals surface area contributed by atoms with Crippen LogP contribution in [0.15, 0.2) is 0 Å². The van der Waals surface area contributed by atoms with Crippen molar-refractivity contribution >= 4 is 31.2 Å². The van der Waals surface area contributed by atoms with E-state index in [0.717, 1.165) is 96.3 Å². The maximum atomic E-state index is 12.4. The summed E-state index contributed by atoms with van der Waals surface area (Å²) in [5.41, 5.74) is 0. The second-order valence-corrected chi connectivity index (χ2v) is 15.2. The first kappa shape index (κ1) is 45.6. The molecule has 0 aromatic carbocycles. The molecule has 0 fully saturated rings. The van der Waals surface area contributed by atoms with Crippen molar-refractivity contribution in [2.24, 2.45) is 0 Å². The third kappa shape index (κ3) is 30.9. The standard InChI is InChI=1S/C30H63NO12S3/c1-4-7-10-13-16-19-22-25-28-38-44(32,33)41-31(42-45(34,35)39-29-26-23-20-17-14-11-8-5-2)43-46(36,37)40-30-27-24-21-18-15-12-9-6-3/h4-30H2,1-3H3. The van der Waals surface area contributed by atoms with Crippen LogP contribution < -0.4 is 0 Å². The Bertz CT molecular complexity index is 880. The first-order chi connectivity index (χ1) is 22.0. The third-order valence-electron chi connectivity index (χ3n) is 7.13. The lowest BCUT2D eigenvalue weighted by Gasteiger charge is -2.17. The molecule has 0 N–H and O–H groups in total. The molecule has 278 valence electrons. The van der Waals surface area contributed by atoms with Crippen molar-refractivity contribution in [1.29, 1.82) is 0 Å². The molecule has 0 rings (SSSR count). The van der Waals surface area contributed by atoms with E-state index in [0.29, 0.717) is 38.5 Å². The smallest absolute Gasteiger partial charge is 0.247 e. The van der Waals surface area contributed by atoms with Gasteiger partial charge in [0.2, 0.25) is 0 Å². The highest BCUT2D eigenvalue weighted by atomic mass is 32.3. The number of hydrogen-bond donors (Lipinski definition) is 0. The Morgan fingerprint density at radius 2 is 0.522 bits per heavy atom. The zero-order chi connectivity index (χ0) is 34.4. The number of nitrogens with zero attached hydrogens (tertiary/aromatic N) is 1. The summed E-state index contributed by atoms with van der Waals surface area (Å²) in [6.07, 6.45) is 22.8. The molecule has 0 radical (unpaired) electrons. The minimum atomic E-state index is -4.98. The Kier molecular flexibility index (Phi) is 29.2. The lowest BCUT2D eigenvalue weighted by atomic mass is 10.1.